The van der Waals surface area contributed by atoms with Gasteiger partial charge in [0, 0.05) is 37.2 Å². The summed E-state index contributed by atoms with van der Waals surface area (Å²) in [6, 6.07) is 11.9. The van der Waals surface area contributed by atoms with Gasteiger partial charge in [0.25, 0.3) is 15.9 Å². The smallest absolute Gasteiger partial charge is 0.262 e. The number of benzene rings is 2. The first-order valence-electron chi connectivity index (χ1n) is 10.1. The number of hydrogen-bond donors (Lipinski definition) is 1. The van der Waals surface area contributed by atoms with E-state index >= 15 is 0 Å². The molecule has 8 heteroatoms. The van der Waals surface area contributed by atoms with E-state index in [1.165, 1.54) is 0 Å². The van der Waals surface area contributed by atoms with Gasteiger partial charge in [-0.1, -0.05) is 18.2 Å². The number of sulfonamides is 1. The molecule has 2 aromatic carbocycles. The summed E-state index contributed by atoms with van der Waals surface area (Å²) >= 11 is 0. The van der Waals surface area contributed by atoms with Crippen molar-refractivity contribution in [3.05, 3.63) is 59.2 Å². The molecule has 0 aromatic heterocycles. The van der Waals surface area contributed by atoms with E-state index in [9.17, 15) is 13.2 Å². The summed E-state index contributed by atoms with van der Waals surface area (Å²) in [5, 5.41) is 0. The minimum atomic E-state index is -3.76. The Kier molecular flexibility index (Phi) is 5.57. The molecular formula is C22H26N2O5S. The highest BCUT2D eigenvalue weighted by atomic mass is 32.2. The van der Waals surface area contributed by atoms with E-state index < -0.39 is 15.8 Å². The van der Waals surface area contributed by atoms with Gasteiger partial charge >= 0.3 is 0 Å². The van der Waals surface area contributed by atoms with Crippen LogP contribution < -0.4 is 4.72 Å². The third-order valence-corrected chi connectivity index (χ3v) is 7.14. The fraction of sp³-hybridized carbons (Fsp3) is 0.409. The predicted molar refractivity (Wildman–Crippen MR) is 113 cm³/mol. The molecule has 1 N–H and O–H groups in total. The highest BCUT2D eigenvalue weighted by Gasteiger charge is 2.40. The van der Waals surface area contributed by atoms with E-state index in [0.717, 1.165) is 5.56 Å². The van der Waals surface area contributed by atoms with Crippen molar-refractivity contribution in [2.24, 2.45) is 0 Å². The molecule has 4 rings (SSSR count). The van der Waals surface area contributed by atoms with Gasteiger partial charge in [-0.05, 0) is 49.2 Å². The Balaban J connectivity index is 1.49. The fourth-order valence-electron chi connectivity index (χ4n) is 3.94. The molecule has 2 aliphatic heterocycles. The van der Waals surface area contributed by atoms with Crippen molar-refractivity contribution in [2.45, 2.75) is 37.4 Å². The van der Waals surface area contributed by atoms with E-state index in [-0.39, 0.29) is 10.8 Å². The lowest BCUT2D eigenvalue weighted by Crippen LogP contribution is -2.47. The molecule has 1 spiro atoms. The van der Waals surface area contributed by atoms with E-state index in [2.05, 4.69) is 4.72 Å². The number of nitrogens with one attached hydrogen (secondary N) is 1. The zero-order valence-electron chi connectivity index (χ0n) is 17.2. The maximum atomic E-state index is 13.0. The van der Waals surface area contributed by atoms with Crippen LogP contribution in [0.3, 0.4) is 0 Å². The van der Waals surface area contributed by atoms with Gasteiger partial charge in [0.05, 0.1) is 18.1 Å². The maximum Gasteiger partial charge on any atom is 0.262 e. The van der Waals surface area contributed by atoms with Gasteiger partial charge in [-0.15, -0.1) is 0 Å². The molecular weight excluding hydrogens is 404 g/mol. The van der Waals surface area contributed by atoms with Gasteiger partial charge in [0.1, 0.15) is 0 Å². The number of rotatable bonds is 4. The molecule has 0 aliphatic carbocycles. The standard InChI is InChI=1S/C22H26N2O5S/c1-16-6-7-17(2)20(14-16)30(26,27)23-19-5-3-4-18(15-19)21(25)24-10-8-22(9-11-24)28-12-13-29-22/h3-7,14-15,23H,8-13H2,1-2H3. The zero-order valence-corrected chi connectivity index (χ0v) is 18.0. The lowest BCUT2D eigenvalue weighted by Gasteiger charge is -2.37. The molecule has 2 fully saturated rings. The Labute approximate surface area is 177 Å². The lowest BCUT2D eigenvalue weighted by molar-refractivity contribution is -0.181. The van der Waals surface area contributed by atoms with Crippen molar-refractivity contribution in [3.63, 3.8) is 0 Å². The number of aryl methyl sites for hydroxylation is 2. The Morgan fingerprint density at radius 2 is 1.73 bits per heavy atom. The fourth-order valence-corrected chi connectivity index (χ4v) is 5.32. The summed E-state index contributed by atoms with van der Waals surface area (Å²) in [6.45, 7) is 5.87. The summed E-state index contributed by atoms with van der Waals surface area (Å²) < 4.78 is 39.8. The molecule has 2 aromatic rings. The number of carbonyl (C=O) groups excluding carboxylic acids is 1. The predicted octanol–water partition coefficient (Wildman–Crippen LogP) is 3.08. The highest BCUT2D eigenvalue weighted by Crippen LogP contribution is 2.32. The molecule has 0 bridgehead atoms. The Hall–Kier alpha value is -2.42. The average Bonchev–Trinajstić information content (AvgIpc) is 3.17. The van der Waals surface area contributed by atoms with E-state index in [4.69, 9.17) is 9.47 Å². The van der Waals surface area contributed by atoms with Crippen LogP contribution in [0.5, 0.6) is 0 Å². The molecule has 7 nitrogen and oxygen atoms in total. The van der Waals surface area contributed by atoms with Crippen molar-refractivity contribution in [1.82, 2.24) is 4.90 Å². The number of hydrogen-bond acceptors (Lipinski definition) is 5. The molecule has 0 radical (unpaired) electrons. The first-order valence-corrected chi connectivity index (χ1v) is 11.5. The second kappa shape index (κ2) is 8.02. The van der Waals surface area contributed by atoms with E-state index in [1.807, 2.05) is 13.0 Å². The molecule has 2 aliphatic rings. The quantitative estimate of drug-likeness (QED) is 0.806. The van der Waals surface area contributed by atoms with Crippen molar-refractivity contribution < 1.29 is 22.7 Å². The van der Waals surface area contributed by atoms with Crippen LogP contribution in [0.2, 0.25) is 0 Å². The minimum absolute atomic E-state index is 0.129. The van der Waals surface area contributed by atoms with Crippen LogP contribution in [0, 0.1) is 13.8 Å². The first kappa shape index (κ1) is 20.8. The number of piperidine rings is 1. The van der Waals surface area contributed by atoms with Gasteiger partial charge in [0.15, 0.2) is 5.79 Å². The highest BCUT2D eigenvalue weighted by molar-refractivity contribution is 7.92. The van der Waals surface area contributed by atoms with Crippen molar-refractivity contribution >= 4 is 21.6 Å². The Bertz CT molecular complexity index is 1050. The zero-order chi connectivity index (χ0) is 21.4. The molecule has 2 saturated heterocycles. The second-order valence-corrected chi connectivity index (χ2v) is 9.51. The number of carbonyl (C=O) groups is 1. The molecule has 0 saturated carbocycles. The minimum Gasteiger partial charge on any atom is -0.347 e. The normalized spacial score (nSPS) is 18.5. The summed E-state index contributed by atoms with van der Waals surface area (Å²) in [5.41, 5.74) is 2.33. The van der Waals surface area contributed by atoms with Crippen LogP contribution in [-0.4, -0.2) is 51.3 Å². The number of anilines is 1. The Morgan fingerprint density at radius 1 is 1.03 bits per heavy atom. The summed E-state index contributed by atoms with van der Waals surface area (Å²) in [7, 11) is -3.76. The molecule has 0 unspecified atom stereocenters. The van der Waals surface area contributed by atoms with Crippen LogP contribution in [0.15, 0.2) is 47.4 Å². The number of ether oxygens (including phenoxy) is 2. The second-order valence-electron chi connectivity index (χ2n) is 7.86. The SMILES string of the molecule is Cc1ccc(C)c(S(=O)(=O)Nc2cccc(C(=O)N3CCC4(CC3)OCCO4)c2)c1. The van der Waals surface area contributed by atoms with Crippen LogP contribution in [-0.2, 0) is 19.5 Å². The molecule has 160 valence electrons. The lowest BCUT2D eigenvalue weighted by atomic mass is 10.0. The topological polar surface area (TPSA) is 84.9 Å². The number of amides is 1. The van der Waals surface area contributed by atoms with Gasteiger partial charge < -0.3 is 14.4 Å². The molecule has 0 atom stereocenters. The molecule has 2 heterocycles. The molecule has 1 amide bonds. The maximum absolute atomic E-state index is 13.0. The van der Waals surface area contributed by atoms with Crippen molar-refractivity contribution in [1.29, 1.82) is 0 Å². The number of likely N-dealkylation sites (tertiary alicyclic amines) is 1. The molecule has 30 heavy (non-hydrogen) atoms. The first-order chi connectivity index (χ1) is 14.3. The largest absolute Gasteiger partial charge is 0.347 e. The summed E-state index contributed by atoms with van der Waals surface area (Å²) in [4.78, 5) is 14.9. The van der Waals surface area contributed by atoms with E-state index in [1.54, 1.807) is 48.2 Å². The van der Waals surface area contributed by atoms with Crippen LogP contribution >= 0.6 is 0 Å². The van der Waals surface area contributed by atoms with Gasteiger partial charge in [-0.3, -0.25) is 9.52 Å². The summed E-state index contributed by atoms with van der Waals surface area (Å²) in [5.74, 6) is -0.671. The van der Waals surface area contributed by atoms with Gasteiger partial charge in [-0.25, -0.2) is 8.42 Å². The van der Waals surface area contributed by atoms with Gasteiger partial charge in [0.2, 0.25) is 0 Å². The third-order valence-electron chi connectivity index (χ3n) is 5.62. The average molecular weight is 431 g/mol. The van der Waals surface area contributed by atoms with Gasteiger partial charge in [-0.2, -0.15) is 0 Å². The van der Waals surface area contributed by atoms with Crippen molar-refractivity contribution in [2.75, 3.05) is 31.0 Å². The Morgan fingerprint density at radius 3 is 2.43 bits per heavy atom. The van der Waals surface area contributed by atoms with Crippen LogP contribution in [0.25, 0.3) is 0 Å². The summed E-state index contributed by atoms with van der Waals surface area (Å²) in [6.07, 6.45) is 1.27. The van der Waals surface area contributed by atoms with Crippen LogP contribution in [0.1, 0.15) is 34.3 Å². The monoisotopic (exact) mass is 430 g/mol. The van der Waals surface area contributed by atoms with E-state index in [0.29, 0.717) is 56.0 Å². The third kappa shape index (κ3) is 4.21. The number of nitrogens with zero attached hydrogens (tertiary/aromatic N) is 1. The van der Waals surface area contributed by atoms with Crippen LogP contribution in [0.4, 0.5) is 5.69 Å². The van der Waals surface area contributed by atoms with Crippen molar-refractivity contribution in [3.8, 4) is 0 Å².